The summed E-state index contributed by atoms with van der Waals surface area (Å²) in [5.74, 6) is 2.32. The summed E-state index contributed by atoms with van der Waals surface area (Å²) in [4.78, 5) is 23.0. The lowest BCUT2D eigenvalue weighted by atomic mass is 10.1. The molecular weight excluding hydrogens is 318 g/mol. The molecule has 0 saturated carbocycles. The molecule has 1 amide bonds. The highest BCUT2D eigenvalue weighted by Crippen LogP contribution is 2.34. The molecule has 6 heteroatoms. The number of fused-ring (bicyclic) bond motifs is 1. The molecule has 0 spiro atoms. The van der Waals surface area contributed by atoms with Crippen LogP contribution in [0.15, 0.2) is 30.6 Å². The van der Waals surface area contributed by atoms with Gasteiger partial charge in [0.15, 0.2) is 11.5 Å². The van der Waals surface area contributed by atoms with E-state index in [-0.39, 0.29) is 17.9 Å². The van der Waals surface area contributed by atoms with Crippen molar-refractivity contribution in [3.05, 3.63) is 47.5 Å². The standard InChI is InChI=1S/C19H23N3O3/c1-12(2)18-20-10-15(11-21-18)19(23)22(4)13(3)14-5-6-16-17(9-14)25-8-7-24-16/h5-6,9-13H,7-8H2,1-4H3. The van der Waals surface area contributed by atoms with Gasteiger partial charge in [-0.15, -0.1) is 0 Å². The van der Waals surface area contributed by atoms with Crippen LogP contribution in [0.3, 0.4) is 0 Å². The lowest BCUT2D eigenvalue weighted by Crippen LogP contribution is -2.30. The Morgan fingerprint density at radius 3 is 2.36 bits per heavy atom. The topological polar surface area (TPSA) is 64.6 Å². The fourth-order valence-electron chi connectivity index (χ4n) is 2.67. The van der Waals surface area contributed by atoms with Crippen LogP contribution in [0.1, 0.15) is 54.5 Å². The van der Waals surface area contributed by atoms with E-state index < -0.39 is 0 Å². The molecule has 1 aromatic heterocycles. The van der Waals surface area contributed by atoms with E-state index in [9.17, 15) is 4.79 Å². The molecule has 132 valence electrons. The molecule has 3 rings (SSSR count). The molecule has 0 bridgehead atoms. The van der Waals surface area contributed by atoms with Crippen LogP contribution >= 0.6 is 0 Å². The molecule has 0 saturated heterocycles. The molecule has 6 nitrogen and oxygen atoms in total. The molecule has 0 aliphatic carbocycles. The van der Waals surface area contributed by atoms with E-state index in [1.807, 2.05) is 39.0 Å². The Balaban J connectivity index is 1.77. The fraction of sp³-hybridized carbons (Fsp3) is 0.421. The molecule has 25 heavy (non-hydrogen) atoms. The van der Waals surface area contributed by atoms with Crippen LogP contribution < -0.4 is 9.47 Å². The quantitative estimate of drug-likeness (QED) is 0.854. The normalized spacial score (nSPS) is 14.3. The van der Waals surface area contributed by atoms with Crippen LogP contribution in [0.4, 0.5) is 0 Å². The number of aromatic nitrogens is 2. The van der Waals surface area contributed by atoms with Gasteiger partial charge in [0.1, 0.15) is 19.0 Å². The largest absolute Gasteiger partial charge is 0.486 e. The first kappa shape index (κ1) is 17.2. The van der Waals surface area contributed by atoms with Gasteiger partial charge in [-0.1, -0.05) is 19.9 Å². The Morgan fingerprint density at radius 1 is 1.08 bits per heavy atom. The van der Waals surface area contributed by atoms with Gasteiger partial charge in [-0.05, 0) is 24.6 Å². The van der Waals surface area contributed by atoms with Crippen LogP contribution in [0, 0.1) is 0 Å². The third-order valence-corrected chi connectivity index (χ3v) is 4.39. The Morgan fingerprint density at radius 2 is 1.72 bits per heavy atom. The molecule has 1 unspecified atom stereocenters. The zero-order chi connectivity index (χ0) is 18.0. The van der Waals surface area contributed by atoms with Crippen LogP contribution in [0.5, 0.6) is 11.5 Å². The van der Waals surface area contributed by atoms with E-state index in [0.717, 1.165) is 22.9 Å². The molecule has 0 radical (unpaired) electrons. The maximum atomic E-state index is 12.7. The van der Waals surface area contributed by atoms with Gasteiger partial charge in [-0.25, -0.2) is 9.97 Å². The number of hydrogen-bond acceptors (Lipinski definition) is 5. The minimum atomic E-state index is -0.117. The first-order valence-corrected chi connectivity index (χ1v) is 8.46. The second-order valence-corrected chi connectivity index (χ2v) is 6.48. The van der Waals surface area contributed by atoms with Gasteiger partial charge in [0.25, 0.3) is 5.91 Å². The van der Waals surface area contributed by atoms with Crippen molar-refractivity contribution in [1.29, 1.82) is 0 Å². The minimum Gasteiger partial charge on any atom is -0.486 e. The van der Waals surface area contributed by atoms with Crippen molar-refractivity contribution in [2.24, 2.45) is 0 Å². The van der Waals surface area contributed by atoms with Crippen LogP contribution in [-0.2, 0) is 0 Å². The summed E-state index contributed by atoms with van der Waals surface area (Å²) in [5, 5.41) is 0. The average Bonchev–Trinajstić information content (AvgIpc) is 2.65. The van der Waals surface area contributed by atoms with Crippen molar-refractivity contribution in [1.82, 2.24) is 14.9 Å². The van der Waals surface area contributed by atoms with E-state index in [2.05, 4.69) is 9.97 Å². The van der Waals surface area contributed by atoms with Crippen molar-refractivity contribution < 1.29 is 14.3 Å². The van der Waals surface area contributed by atoms with E-state index >= 15 is 0 Å². The first-order valence-electron chi connectivity index (χ1n) is 8.46. The van der Waals surface area contributed by atoms with Gasteiger partial charge >= 0.3 is 0 Å². The predicted molar refractivity (Wildman–Crippen MR) is 94.1 cm³/mol. The maximum absolute atomic E-state index is 12.7. The summed E-state index contributed by atoms with van der Waals surface area (Å²) < 4.78 is 11.2. The molecule has 2 heterocycles. The lowest BCUT2D eigenvalue weighted by Gasteiger charge is -2.27. The third kappa shape index (κ3) is 3.57. The number of carbonyl (C=O) groups is 1. The maximum Gasteiger partial charge on any atom is 0.257 e. The lowest BCUT2D eigenvalue weighted by molar-refractivity contribution is 0.0741. The van der Waals surface area contributed by atoms with Crippen LogP contribution in [0.25, 0.3) is 0 Å². The first-order chi connectivity index (χ1) is 12.0. The summed E-state index contributed by atoms with van der Waals surface area (Å²) in [5.41, 5.74) is 1.47. The van der Waals surface area contributed by atoms with E-state index in [0.29, 0.717) is 18.8 Å². The number of benzene rings is 1. The molecule has 1 atom stereocenters. The number of amides is 1. The zero-order valence-corrected chi connectivity index (χ0v) is 15.0. The third-order valence-electron chi connectivity index (χ3n) is 4.39. The van der Waals surface area contributed by atoms with Crippen molar-refractivity contribution >= 4 is 5.91 Å². The summed E-state index contributed by atoms with van der Waals surface area (Å²) in [6.45, 7) is 7.12. The Labute approximate surface area is 147 Å². The van der Waals surface area contributed by atoms with E-state index in [1.165, 1.54) is 0 Å². The van der Waals surface area contributed by atoms with Crippen LogP contribution in [-0.4, -0.2) is 41.0 Å². The monoisotopic (exact) mass is 341 g/mol. The van der Waals surface area contributed by atoms with Gasteiger partial charge in [0, 0.05) is 25.4 Å². The van der Waals surface area contributed by atoms with Gasteiger partial charge in [-0.2, -0.15) is 0 Å². The highest BCUT2D eigenvalue weighted by molar-refractivity contribution is 5.93. The summed E-state index contributed by atoms with van der Waals surface area (Å²) in [6, 6.07) is 5.66. The number of carbonyl (C=O) groups excluding carboxylic acids is 1. The summed E-state index contributed by atoms with van der Waals surface area (Å²) >= 11 is 0. The highest BCUT2D eigenvalue weighted by atomic mass is 16.6. The van der Waals surface area contributed by atoms with Gasteiger partial charge in [0.2, 0.25) is 0 Å². The Bertz CT molecular complexity index is 759. The summed E-state index contributed by atoms with van der Waals surface area (Å²) in [6.07, 6.45) is 3.19. The molecule has 2 aromatic rings. The second kappa shape index (κ2) is 7.09. The number of rotatable bonds is 4. The molecule has 1 aromatic carbocycles. The Kier molecular flexibility index (Phi) is 4.88. The molecule has 0 N–H and O–H groups in total. The van der Waals surface area contributed by atoms with E-state index in [4.69, 9.17) is 9.47 Å². The Hall–Kier alpha value is -2.63. The second-order valence-electron chi connectivity index (χ2n) is 6.48. The molecule has 0 fully saturated rings. The highest BCUT2D eigenvalue weighted by Gasteiger charge is 2.22. The van der Waals surface area contributed by atoms with Gasteiger partial charge in [-0.3, -0.25) is 4.79 Å². The number of nitrogens with zero attached hydrogens (tertiary/aromatic N) is 3. The molecule has 1 aliphatic heterocycles. The minimum absolute atomic E-state index is 0.113. The van der Waals surface area contributed by atoms with Crippen LogP contribution in [0.2, 0.25) is 0 Å². The SMILES string of the molecule is CC(C)c1ncc(C(=O)N(C)C(C)c2ccc3c(c2)OCCO3)cn1. The predicted octanol–water partition coefficient (Wildman–Crippen LogP) is 3.20. The smallest absolute Gasteiger partial charge is 0.257 e. The number of ether oxygens (including phenoxy) is 2. The van der Waals surface area contributed by atoms with Gasteiger partial charge in [0.05, 0.1) is 11.6 Å². The summed E-state index contributed by atoms with van der Waals surface area (Å²) in [7, 11) is 1.78. The number of hydrogen-bond donors (Lipinski definition) is 0. The van der Waals surface area contributed by atoms with E-state index in [1.54, 1.807) is 24.3 Å². The molecule has 1 aliphatic rings. The van der Waals surface area contributed by atoms with Crippen molar-refractivity contribution in [3.8, 4) is 11.5 Å². The molecular formula is C19H23N3O3. The van der Waals surface area contributed by atoms with Gasteiger partial charge < -0.3 is 14.4 Å². The zero-order valence-electron chi connectivity index (χ0n) is 15.0. The van der Waals surface area contributed by atoms with Crippen molar-refractivity contribution in [2.45, 2.75) is 32.7 Å². The fourth-order valence-corrected chi connectivity index (χ4v) is 2.67. The average molecular weight is 341 g/mol. The van der Waals surface area contributed by atoms with Crippen molar-refractivity contribution in [2.75, 3.05) is 20.3 Å². The van der Waals surface area contributed by atoms with Crippen molar-refractivity contribution in [3.63, 3.8) is 0 Å².